The normalized spacial score (nSPS) is 16.8. The van der Waals surface area contributed by atoms with E-state index in [2.05, 4.69) is 0 Å². The molecule has 0 bridgehead atoms. The van der Waals surface area contributed by atoms with Crippen LogP contribution >= 0.6 is 0 Å². The van der Waals surface area contributed by atoms with Crippen LogP contribution in [-0.2, 0) is 4.74 Å². The SMILES string of the molecule is CCCC(O)OC(O)CC. The molecular formula is C7H16O3. The Balaban J connectivity index is 3.27. The fourth-order valence-electron chi connectivity index (χ4n) is 0.593. The van der Waals surface area contributed by atoms with E-state index in [1.54, 1.807) is 6.92 Å². The van der Waals surface area contributed by atoms with Gasteiger partial charge in [-0.1, -0.05) is 20.3 Å². The smallest absolute Gasteiger partial charge is 0.157 e. The molecule has 3 nitrogen and oxygen atoms in total. The summed E-state index contributed by atoms with van der Waals surface area (Å²) in [5, 5.41) is 17.8. The van der Waals surface area contributed by atoms with E-state index >= 15 is 0 Å². The first kappa shape index (κ1) is 9.88. The van der Waals surface area contributed by atoms with Gasteiger partial charge in [-0.2, -0.15) is 0 Å². The third-order valence-electron chi connectivity index (χ3n) is 1.20. The summed E-state index contributed by atoms with van der Waals surface area (Å²) in [6, 6.07) is 0. The van der Waals surface area contributed by atoms with Crippen LogP contribution in [0, 0.1) is 0 Å². The molecule has 0 aromatic carbocycles. The topological polar surface area (TPSA) is 49.7 Å². The van der Waals surface area contributed by atoms with Crippen molar-refractivity contribution in [1.29, 1.82) is 0 Å². The van der Waals surface area contributed by atoms with Crippen LogP contribution in [0.15, 0.2) is 0 Å². The summed E-state index contributed by atoms with van der Waals surface area (Å²) < 4.78 is 4.75. The third kappa shape index (κ3) is 4.73. The van der Waals surface area contributed by atoms with Crippen molar-refractivity contribution in [3.63, 3.8) is 0 Å². The summed E-state index contributed by atoms with van der Waals surface area (Å²) in [5.41, 5.74) is 0. The molecule has 0 saturated heterocycles. The second kappa shape index (κ2) is 5.65. The molecular weight excluding hydrogens is 132 g/mol. The lowest BCUT2D eigenvalue weighted by Crippen LogP contribution is -2.20. The molecule has 2 unspecified atom stereocenters. The number of ether oxygens (including phenoxy) is 1. The molecule has 0 aromatic rings. The first-order valence-corrected chi connectivity index (χ1v) is 3.72. The molecule has 0 amide bonds. The van der Waals surface area contributed by atoms with Crippen LogP contribution in [0.1, 0.15) is 33.1 Å². The van der Waals surface area contributed by atoms with Crippen molar-refractivity contribution in [1.82, 2.24) is 0 Å². The Kier molecular flexibility index (Phi) is 5.58. The zero-order valence-corrected chi connectivity index (χ0v) is 6.58. The molecule has 3 heteroatoms. The minimum atomic E-state index is -0.818. The maximum absolute atomic E-state index is 8.97. The summed E-state index contributed by atoms with van der Waals surface area (Å²) >= 11 is 0. The number of rotatable bonds is 5. The van der Waals surface area contributed by atoms with Gasteiger partial charge in [0.05, 0.1) is 0 Å². The fraction of sp³-hybridized carbons (Fsp3) is 1.00. The molecule has 0 spiro atoms. The second-order valence-corrected chi connectivity index (χ2v) is 2.24. The predicted molar refractivity (Wildman–Crippen MR) is 38.3 cm³/mol. The van der Waals surface area contributed by atoms with Crippen molar-refractivity contribution in [3.05, 3.63) is 0 Å². The van der Waals surface area contributed by atoms with Gasteiger partial charge in [0.15, 0.2) is 12.6 Å². The Labute approximate surface area is 61.6 Å². The van der Waals surface area contributed by atoms with Gasteiger partial charge >= 0.3 is 0 Å². The average molecular weight is 148 g/mol. The van der Waals surface area contributed by atoms with Crippen molar-refractivity contribution < 1.29 is 14.9 Å². The van der Waals surface area contributed by atoms with Crippen LogP contribution in [0.2, 0.25) is 0 Å². The highest BCUT2D eigenvalue weighted by Gasteiger charge is 2.07. The zero-order chi connectivity index (χ0) is 7.98. The molecule has 0 fully saturated rings. The lowest BCUT2D eigenvalue weighted by atomic mass is 10.3. The van der Waals surface area contributed by atoms with Gasteiger partial charge in [-0.15, -0.1) is 0 Å². The summed E-state index contributed by atoms with van der Waals surface area (Å²) in [7, 11) is 0. The molecule has 10 heavy (non-hydrogen) atoms. The van der Waals surface area contributed by atoms with Gasteiger partial charge in [-0.3, -0.25) is 0 Å². The molecule has 0 aliphatic carbocycles. The molecule has 0 aliphatic rings. The van der Waals surface area contributed by atoms with E-state index in [-0.39, 0.29) is 0 Å². The van der Waals surface area contributed by atoms with Crippen LogP contribution < -0.4 is 0 Å². The Bertz CT molecular complexity index is 75.3. The maximum atomic E-state index is 8.97. The summed E-state index contributed by atoms with van der Waals surface area (Å²) in [4.78, 5) is 0. The van der Waals surface area contributed by atoms with Crippen molar-refractivity contribution in [3.8, 4) is 0 Å². The molecule has 0 heterocycles. The van der Waals surface area contributed by atoms with Gasteiger partial charge in [0.25, 0.3) is 0 Å². The lowest BCUT2D eigenvalue weighted by Gasteiger charge is -2.14. The number of hydrogen-bond acceptors (Lipinski definition) is 3. The highest BCUT2D eigenvalue weighted by molar-refractivity contribution is 4.41. The van der Waals surface area contributed by atoms with E-state index in [0.717, 1.165) is 6.42 Å². The third-order valence-corrected chi connectivity index (χ3v) is 1.20. The highest BCUT2D eigenvalue weighted by atomic mass is 16.7. The van der Waals surface area contributed by atoms with Crippen LogP contribution in [0.3, 0.4) is 0 Å². The summed E-state index contributed by atoms with van der Waals surface area (Å²) in [5.74, 6) is 0. The number of hydrogen-bond donors (Lipinski definition) is 2. The van der Waals surface area contributed by atoms with Gasteiger partial charge in [-0.05, 0) is 12.8 Å². The van der Waals surface area contributed by atoms with E-state index < -0.39 is 12.6 Å². The van der Waals surface area contributed by atoms with Crippen molar-refractivity contribution in [2.75, 3.05) is 0 Å². The van der Waals surface area contributed by atoms with Crippen LogP contribution in [-0.4, -0.2) is 22.8 Å². The highest BCUT2D eigenvalue weighted by Crippen LogP contribution is 2.02. The maximum Gasteiger partial charge on any atom is 0.157 e. The standard InChI is InChI=1S/C7H16O3/c1-3-5-7(9)10-6(8)4-2/h6-9H,3-5H2,1-2H3. The summed E-state index contributed by atoms with van der Waals surface area (Å²) in [6.45, 7) is 3.74. The zero-order valence-electron chi connectivity index (χ0n) is 6.58. The van der Waals surface area contributed by atoms with Crippen LogP contribution in [0.4, 0.5) is 0 Å². The average Bonchev–Trinajstić information content (AvgIpc) is 1.88. The first-order valence-electron chi connectivity index (χ1n) is 3.72. The molecule has 0 saturated carbocycles. The Morgan fingerprint density at radius 3 is 2.20 bits per heavy atom. The van der Waals surface area contributed by atoms with Crippen LogP contribution in [0.5, 0.6) is 0 Å². The van der Waals surface area contributed by atoms with Gasteiger partial charge in [0, 0.05) is 0 Å². The second-order valence-electron chi connectivity index (χ2n) is 2.24. The van der Waals surface area contributed by atoms with Gasteiger partial charge in [0.1, 0.15) is 0 Å². The molecule has 2 atom stereocenters. The molecule has 0 aliphatic heterocycles. The minimum Gasteiger partial charge on any atom is -0.368 e. The Hall–Kier alpha value is -0.120. The van der Waals surface area contributed by atoms with Crippen molar-refractivity contribution in [2.45, 2.75) is 45.7 Å². The minimum absolute atomic E-state index is 0.515. The molecule has 0 radical (unpaired) electrons. The molecule has 0 rings (SSSR count). The monoisotopic (exact) mass is 148 g/mol. The van der Waals surface area contributed by atoms with E-state index in [1.807, 2.05) is 6.92 Å². The van der Waals surface area contributed by atoms with Crippen molar-refractivity contribution >= 4 is 0 Å². The summed E-state index contributed by atoms with van der Waals surface area (Å²) in [6.07, 6.45) is 0.330. The number of aliphatic hydroxyl groups is 2. The van der Waals surface area contributed by atoms with E-state index in [9.17, 15) is 0 Å². The Morgan fingerprint density at radius 2 is 1.80 bits per heavy atom. The van der Waals surface area contributed by atoms with Crippen molar-refractivity contribution in [2.24, 2.45) is 0 Å². The van der Waals surface area contributed by atoms with Crippen LogP contribution in [0.25, 0.3) is 0 Å². The number of aliphatic hydroxyl groups excluding tert-OH is 2. The van der Waals surface area contributed by atoms with E-state index in [4.69, 9.17) is 14.9 Å². The first-order chi connectivity index (χ1) is 4.70. The van der Waals surface area contributed by atoms with Gasteiger partial charge in [-0.25, -0.2) is 0 Å². The van der Waals surface area contributed by atoms with E-state index in [1.165, 1.54) is 0 Å². The van der Waals surface area contributed by atoms with Gasteiger partial charge in [0.2, 0.25) is 0 Å². The molecule has 2 N–H and O–H groups in total. The molecule has 0 aromatic heterocycles. The van der Waals surface area contributed by atoms with E-state index in [0.29, 0.717) is 12.8 Å². The lowest BCUT2D eigenvalue weighted by molar-refractivity contribution is -0.209. The quantitative estimate of drug-likeness (QED) is 0.568. The largest absolute Gasteiger partial charge is 0.368 e. The Morgan fingerprint density at radius 1 is 1.20 bits per heavy atom. The van der Waals surface area contributed by atoms with Gasteiger partial charge < -0.3 is 14.9 Å². The predicted octanol–water partition coefficient (Wildman–Crippen LogP) is 0.850. The molecule has 62 valence electrons. The fourth-order valence-corrected chi connectivity index (χ4v) is 0.593.